The van der Waals surface area contributed by atoms with Crippen molar-refractivity contribution in [3.05, 3.63) is 23.8 Å². The Balaban J connectivity index is 0.00000529. The van der Waals surface area contributed by atoms with E-state index < -0.39 is 0 Å². The molecule has 6 nitrogen and oxygen atoms in total. The lowest BCUT2D eigenvalue weighted by Crippen LogP contribution is -2.38. The van der Waals surface area contributed by atoms with Gasteiger partial charge in [0, 0.05) is 32.3 Å². The van der Waals surface area contributed by atoms with Crippen LogP contribution in [0.5, 0.6) is 11.5 Å². The molecule has 1 aromatic carbocycles. The fourth-order valence-corrected chi connectivity index (χ4v) is 1.89. The summed E-state index contributed by atoms with van der Waals surface area (Å²) in [4.78, 5) is 4.15. The summed E-state index contributed by atoms with van der Waals surface area (Å²) in [6.45, 7) is 6.92. The second kappa shape index (κ2) is 13.1. The number of aromatic hydroxyl groups is 1. The Kier molecular flexibility index (Phi) is 12.4. The van der Waals surface area contributed by atoms with Gasteiger partial charge in [-0.1, -0.05) is 13.8 Å². The van der Waals surface area contributed by atoms with Gasteiger partial charge >= 0.3 is 0 Å². The number of guanidine groups is 1. The highest BCUT2D eigenvalue weighted by Crippen LogP contribution is 2.22. The molecule has 0 saturated carbocycles. The fraction of sp³-hybridized carbons (Fsp3) is 0.588. The Morgan fingerprint density at radius 2 is 2.00 bits per heavy atom. The van der Waals surface area contributed by atoms with Gasteiger partial charge < -0.3 is 25.2 Å². The number of methoxy groups -OCH3 is 1. The molecule has 0 amide bonds. The molecular weight excluding hydrogens is 421 g/mol. The average Bonchev–Trinajstić information content (AvgIpc) is 2.54. The Hall–Kier alpha value is -1.22. The van der Waals surface area contributed by atoms with Crippen LogP contribution < -0.4 is 15.4 Å². The lowest BCUT2D eigenvalue weighted by molar-refractivity contribution is 0.128. The molecule has 0 saturated heterocycles. The summed E-state index contributed by atoms with van der Waals surface area (Å²) < 4.78 is 10.7. The number of rotatable bonds is 9. The summed E-state index contributed by atoms with van der Waals surface area (Å²) in [5, 5.41) is 16.2. The number of phenolic OH excluding ortho intramolecular Hbond substituents is 1. The Labute approximate surface area is 162 Å². The highest BCUT2D eigenvalue weighted by atomic mass is 127. The van der Waals surface area contributed by atoms with Crippen molar-refractivity contribution >= 4 is 29.9 Å². The Bertz CT molecular complexity index is 496. The van der Waals surface area contributed by atoms with E-state index in [1.807, 2.05) is 0 Å². The van der Waals surface area contributed by atoms with Gasteiger partial charge in [0.05, 0.1) is 13.7 Å². The highest BCUT2D eigenvalue weighted by Gasteiger charge is 2.05. The molecule has 24 heavy (non-hydrogen) atoms. The van der Waals surface area contributed by atoms with Crippen LogP contribution >= 0.6 is 24.0 Å². The van der Waals surface area contributed by atoms with Crippen LogP contribution in [-0.2, 0) is 11.3 Å². The number of hydrogen-bond acceptors (Lipinski definition) is 4. The Morgan fingerprint density at radius 1 is 1.25 bits per heavy atom. The van der Waals surface area contributed by atoms with Gasteiger partial charge in [-0.25, -0.2) is 0 Å². The molecule has 0 fully saturated rings. The first-order valence-corrected chi connectivity index (χ1v) is 7.95. The van der Waals surface area contributed by atoms with Gasteiger partial charge in [0.25, 0.3) is 0 Å². The lowest BCUT2D eigenvalue weighted by atomic mass is 10.1. The predicted molar refractivity (Wildman–Crippen MR) is 109 cm³/mol. The summed E-state index contributed by atoms with van der Waals surface area (Å²) in [5.74, 6) is 2.26. The van der Waals surface area contributed by atoms with Gasteiger partial charge in [0.2, 0.25) is 0 Å². The van der Waals surface area contributed by atoms with E-state index in [1.54, 1.807) is 32.4 Å². The summed E-state index contributed by atoms with van der Waals surface area (Å²) in [6.07, 6.45) is 1.07. The molecule has 0 heterocycles. The van der Waals surface area contributed by atoms with Crippen LogP contribution in [0.4, 0.5) is 0 Å². The first-order chi connectivity index (χ1) is 11.1. The van der Waals surface area contributed by atoms with E-state index in [9.17, 15) is 5.11 Å². The number of nitrogens with zero attached hydrogens (tertiary/aromatic N) is 1. The van der Waals surface area contributed by atoms with Crippen LogP contribution in [0.3, 0.4) is 0 Å². The number of benzene rings is 1. The zero-order chi connectivity index (χ0) is 17.1. The zero-order valence-electron chi connectivity index (χ0n) is 15.0. The number of hydrogen-bond donors (Lipinski definition) is 3. The molecular formula is C17H30IN3O3. The number of nitrogens with one attached hydrogen (secondary N) is 2. The summed E-state index contributed by atoms with van der Waals surface area (Å²) in [6, 6.07) is 5.14. The molecule has 3 N–H and O–H groups in total. The third kappa shape index (κ3) is 9.17. The molecule has 0 aliphatic rings. The van der Waals surface area contributed by atoms with Gasteiger partial charge in [-0.05, 0) is 30.5 Å². The predicted octanol–water partition coefficient (Wildman–Crippen LogP) is 2.75. The van der Waals surface area contributed by atoms with Gasteiger partial charge in [0.1, 0.15) is 11.5 Å². The molecule has 1 aromatic rings. The first-order valence-electron chi connectivity index (χ1n) is 7.95. The van der Waals surface area contributed by atoms with E-state index in [0.717, 1.165) is 18.6 Å². The average molecular weight is 451 g/mol. The van der Waals surface area contributed by atoms with E-state index in [2.05, 4.69) is 29.5 Å². The molecule has 138 valence electrons. The lowest BCUT2D eigenvalue weighted by Gasteiger charge is -2.13. The number of phenols is 1. The van der Waals surface area contributed by atoms with E-state index in [-0.39, 0.29) is 29.7 Å². The molecule has 0 aliphatic carbocycles. The molecule has 0 spiro atoms. The maximum atomic E-state index is 9.86. The van der Waals surface area contributed by atoms with Crippen LogP contribution in [0.25, 0.3) is 0 Å². The highest BCUT2D eigenvalue weighted by molar-refractivity contribution is 14.0. The topological polar surface area (TPSA) is 75.1 Å². The normalized spacial score (nSPS) is 11.1. The molecule has 0 aliphatic heterocycles. The summed E-state index contributed by atoms with van der Waals surface area (Å²) >= 11 is 0. The van der Waals surface area contributed by atoms with Crippen molar-refractivity contribution in [1.82, 2.24) is 10.6 Å². The van der Waals surface area contributed by atoms with Crippen LogP contribution in [0.15, 0.2) is 23.2 Å². The minimum atomic E-state index is 0. The van der Waals surface area contributed by atoms with Crippen molar-refractivity contribution in [2.24, 2.45) is 10.9 Å². The zero-order valence-corrected chi connectivity index (χ0v) is 17.3. The van der Waals surface area contributed by atoms with E-state index in [4.69, 9.17) is 9.47 Å². The third-order valence-corrected chi connectivity index (χ3v) is 3.33. The molecule has 0 aromatic heterocycles. The Morgan fingerprint density at radius 3 is 2.62 bits per heavy atom. The summed E-state index contributed by atoms with van der Waals surface area (Å²) in [7, 11) is 3.31. The maximum Gasteiger partial charge on any atom is 0.191 e. The first kappa shape index (κ1) is 22.8. The number of aliphatic imine (C=N–C) groups is 1. The molecule has 0 atom stereocenters. The molecule has 0 bridgehead atoms. The van der Waals surface area contributed by atoms with Crippen molar-refractivity contribution in [2.45, 2.75) is 26.8 Å². The SMILES string of the molecule is CN=C(NCCOCCC(C)C)NCc1cc(OC)ccc1O.I. The van der Waals surface area contributed by atoms with E-state index in [0.29, 0.717) is 37.3 Å². The van der Waals surface area contributed by atoms with Crippen molar-refractivity contribution in [1.29, 1.82) is 0 Å². The molecule has 0 unspecified atom stereocenters. The second-order valence-corrected chi connectivity index (χ2v) is 5.64. The minimum absolute atomic E-state index is 0. The number of ether oxygens (including phenoxy) is 2. The fourth-order valence-electron chi connectivity index (χ4n) is 1.89. The van der Waals surface area contributed by atoms with Crippen LogP contribution in [0.2, 0.25) is 0 Å². The van der Waals surface area contributed by atoms with Crippen molar-refractivity contribution in [3.8, 4) is 11.5 Å². The second-order valence-electron chi connectivity index (χ2n) is 5.64. The minimum Gasteiger partial charge on any atom is -0.508 e. The van der Waals surface area contributed by atoms with E-state index in [1.165, 1.54) is 0 Å². The largest absolute Gasteiger partial charge is 0.508 e. The standard InChI is InChI=1S/C17H29N3O3.HI/c1-13(2)7-9-23-10-8-19-17(18-3)20-12-14-11-15(22-4)5-6-16(14)21;/h5-6,11,13,21H,7-10,12H2,1-4H3,(H2,18,19,20);1H. The van der Waals surface area contributed by atoms with Crippen molar-refractivity contribution in [2.75, 3.05) is 33.9 Å². The molecule has 0 radical (unpaired) electrons. The van der Waals surface area contributed by atoms with Crippen molar-refractivity contribution in [3.63, 3.8) is 0 Å². The maximum absolute atomic E-state index is 9.86. The van der Waals surface area contributed by atoms with Gasteiger partial charge in [-0.15, -0.1) is 24.0 Å². The molecule has 7 heteroatoms. The van der Waals surface area contributed by atoms with Crippen LogP contribution in [0, 0.1) is 5.92 Å². The third-order valence-electron chi connectivity index (χ3n) is 3.33. The van der Waals surface area contributed by atoms with Crippen LogP contribution in [-0.4, -0.2) is 45.0 Å². The monoisotopic (exact) mass is 451 g/mol. The quantitative estimate of drug-likeness (QED) is 0.233. The molecule has 1 rings (SSSR count). The van der Waals surface area contributed by atoms with E-state index >= 15 is 0 Å². The van der Waals surface area contributed by atoms with Gasteiger partial charge in [0.15, 0.2) is 5.96 Å². The smallest absolute Gasteiger partial charge is 0.191 e. The number of halogens is 1. The summed E-state index contributed by atoms with van der Waals surface area (Å²) in [5.41, 5.74) is 0.750. The van der Waals surface area contributed by atoms with Gasteiger partial charge in [-0.3, -0.25) is 4.99 Å². The van der Waals surface area contributed by atoms with Gasteiger partial charge in [-0.2, -0.15) is 0 Å². The van der Waals surface area contributed by atoms with Crippen LogP contribution in [0.1, 0.15) is 25.8 Å². The van der Waals surface area contributed by atoms with Crippen molar-refractivity contribution < 1.29 is 14.6 Å².